The van der Waals surface area contributed by atoms with Crippen molar-refractivity contribution in [3.8, 4) is 0 Å². The molecule has 162 valence electrons. The van der Waals surface area contributed by atoms with E-state index in [1.807, 2.05) is 0 Å². The van der Waals surface area contributed by atoms with Crippen molar-refractivity contribution in [1.29, 1.82) is 0 Å². The highest BCUT2D eigenvalue weighted by molar-refractivity contribution is 7.89. The van der Waals surface area contributed by atoms with Gasteiger partial charge in [0.1, 0.15) is 0 Å². The summed E-state index contributed by atoms with van der Waals surface area (Å²) < 4.78 is 26.4. The van der Waals surface area contributed by atoms with Gasteiger partial charge in [0.15, 0.2) is 0 Å². The van der Waals surface area contributed by atoms with E-state index >= 15 is 0 Å². The molecule has 0 radical (unpaired) electrons. The number of nitrogens with zero attached hydrogens (tertiary/aromatic N) is 1. The van der Waals surface area contributed by atoms with Crippen LogP contribution < -0.4 is 10.6 Å². The van der Waals surface area contributed by atoms with Crippen LogP contribution in [0.15, 0.2) is 47.4 Å². The highest BCUT2D eigenvalue weighted by Gasteiger charge is 2.21. The van der Waals surface area contributed by atoms with Crippen LogP contribution >= 0.6 is 23.2 Å². The van der Waals surface area contributed by atoms with Crippen molar-refractivity contribution in [1.82, 2.24) is 9.62 Å². The highest BCUT2D eigenvalue weighted by atomic mass is 35.5. The lowest BCUT2D eigenvalue weighted by Crippen LogP contribution is -2.36. The molecule has 2 aromatic rings. The zero-order chi connectivity index (χ0) is 22.3. The molecule has 2 aromatic carbocycles. The average molecular weight is 472 g/mol. The van der Waals surface area contributed by atoms with E-state index < -0.39 is 21.8 Å². The van der Waals surface area contributed by atoms with Gasteiger partial charge in [-0.3, -0.25) is 9.59 Å². The maximum atomic E-state index is 12.5. The summed E-state index contributed by atoms with van der Waals surface area (Å²) in [5.74, 6) is -1.64. The Bertz CT molecular complexity index is 987. The fourth-order valence-corrected chi connectivity index (χ4v) is 4.74. The third kappa shape index (κ3) is 6.43. The normalized spacial score (nSPS) is 11.4. The quantitative estimate of drug-likeness (QED) is 0.577. The van der Waals surface area contributed by atoms with Gasteiger partial charge in [-0.2, -0.15) is 4.31 Å². The van der Waals surface area contributed by atoms with Crippen molar-refractivity contribution in [3.63, 3.8) is 0 Å². The van der Waals surface area contributed by atoms with Crippen LogP contribution in [0.25, 0.3) is 0 Å². The van der Waals surface area contributed by atoms with Gasteiger partial charge in [-0.25, -0.2) is 8.42 Å². The lowest BCUT2D eigenvalue weighted by molar-refractivity contribution is -0.136. The van der Waals surface area contributed by atoms with E-state index in [4.69, 9.17) is 23.2 Å². The van der Waals surface area contributed by atoms with E-state index in [9.17, 15) is 18.0 Å². The Morgan fingerprint density at radius 1 is 0.933 bits per heavy atom. The number of hydrogen-bond donors (Lipinski definition) is 2. The topological polar surface area (TPSA) is 95.6 Å². The van der Waals surface area contributed by atoms with Crippen LogP contribution in [-0.4, -0.2) is 44.2 Å². The number of halogens is 2. The van der Waals surface area contributed by atoms with Crippen LogP contribution in [0.4, 0.5) is 5.69 Å². The van der Waals surface area contributed by atoms with Gasteiger partial charge in [-0.05, 0) is 42.3 Å². The standard InChI is InChI=1S/C20H23Cl2N3O4S/c1-3-25(4-2)30(28,29)18-7-5-14(6-8-18)9-10-23-19(26)20(27)24-17-12-15(21)11-16(22)13-17/h5-8,11-13H,3-4,9-10H2,1-2H3,(H,23,26)(H,24,27). The fourth-order valence-electron chi connectivity index (χ4n) is 2.76. The maximum Gasteiger partial charge on any atom is 0.313 e. The Hall–Kier alpha value is -2.13. The molecule has 0 heterocycles. The maximum absolute atomic E-state index is 12.5. The minimum Gasteiger partial charge on any atom is -0.347 e. The monoisotopic (exact) mass is 471 g/mol. The van der Waals surface area contributed by atoms with Crippen molar-refractivity contribution in [2.45, 2.75) is 25.2 Å². The summed E-state index contributed by atoms with van der Waals surface area (Å²) in [6.45, 7) is 4.58. The fraction of sp³-hybridized carbons (Fsp3) is 0.300. The first-order valence-electron chi connectivity index (χ1n) is 9.31. The van der Waals surface area contributed by atoms with E-state index in [0.29, 0.717) is 35.2 Å². The largest absolute Gasteiger partial charge is 0.347 e. The van der Waals surface area contributed by atoms with Crippen molar-refractivity contribution < 1.29 is 18.0 Å². The van der Waals surface area contributed by atoms with Crippen molar-refractivity contribution in [2.24, 2.45) is 0 Å². The molecule has 0 unspecified atom stereocenters. The summed E-state index contributed by atoms with van der Waals surface area (Å²) in [5.41, 5.74) is 1.15. The van der Waals surface area contributed by atoms with Gasteiger partial charge in [0.25, 0.3) is 0 Å². The summed E-state index contributed by atoms with van der Waals surface area (Å²) in [4.78, 5) is 24.2. The van der Waals surface area contributed by atoms with E-state index in [1.54, 1.807) is 38.1 Å². The predicted molar refractivity (Wildman–Crippen MR) is 118 cm³/mol. The molecular weight excluding hydrogens is 449 g/mol. The molecule has 0 saturated carbocycles. The molecular formula is C20H23Cl2N3O4S. The van der Waals surface area contributed by atoms with Crippen LogP contribution in [-0.2, 0) is 26.0 Å². The minimum absolute atomic E-state index is 0.213. The molecule has 7 nitrogen and oxygen atoms in total. The van der Waals surface area contributed by atoms with E-state index in [0.717, 1.165) is 5.56 Å². The number of rotatable bonds is 8. The first kappa shape index (κ1) is 24.1. The number of amides is 2. The lowest BCUT2D eigenvalue weighted by atomic mass is 10.1. The molecule has 2 rings (SSSR count). The first-order chi connectivity index (χ1) is 14.2. The summed E-state index contributed by atoms with van der Waals surface area (Å²) >= 11 is 11.7. The van der Waals surface area contributed by atoms with Crippen LogP contribution in [0.1, 0.15) is 19.4 Å². The molecule has 0 saturated heterocycles. The molecule has 0 fully saturated rings. The molecule has 0 aliphatic heterocycles. The third-order valence-corrected chi connectivity index (χ3v) is 6.79. The van der Waals surface area contributed by atoms with E-state index in [2.05, 4.69) is 10.6 Å². The number of nitrogens with one attached hydrogen (secondary N) is 2. The van der Waals surface area contributed by atoms with E-state index in [-0.39, 0.29) is 11.4 Å². The predicted octanol–water partition coefficient (Wildman–Crippen LogP) is 3.32. The third-order valence-electron chi connectivity index (χ3n) is 4.29. The van der Waals surface area contributed by atoms with Gasteiger partial charge in [0, 0.05) is 35.4 Å². The lowest BCUT2D eigenvalue weighted by Gasteiger charge is -2.18. The van der Waals surface area contributed by atoms with Crippen LogP contribution in [0, 0.1) is 0 Å². The SMILES string of the molecule is CCN(CC)S(=O)(=O)c1ccc(CCNC(=O)C(=O)Nc2cc(Cl)cc(Cl)c2)cc1. The Kier molecular flexibility index (Phi) is 8.66. The summed E-state index contributed by atoms with van der Waals surface area (Å²) in [5, 5.41) is 5.62. The molecule has 30 heavy (non-hydrogen) atoms. The molecule has 0 aliphatic carbocycles. The summed E-state index contributed by atoms with van der Waals surface area (Å²) in [7, 11) is -3.51. The Morgan fingerprint density at radius 2 is 1.50 bits per heavy atom. The second-order valence-electron chi connectivity index (χ2n) is 6.35. The molecule has 0 aromatic heterocycles. The zero-order valence-corrected chi connectivity index (χ0v) is 18.9. The number of carbonyl (C=O) groups excluding carboxylic acids is 2. The van der Waals surface area contributed by atoms with Crippen LogP contribution in [0.5, 0.6) is 0 Å². The summed E-state index contributed by atoms with van der Waals surface area (Å²) in [6, 6.07) is 10.9. The molecule has 2 N–H and O–H groups in total. The van der Waals surface area contributed by atoms with Crippen molar-refractivity contribution in [3.05, 3.63) is 58.1 Å². The second-order valence-corrected chi connectivity index (χ2v) is 9.16. The zero-order valence-electron chi connectivity index (χ0n) is 16.6. The van der Waals surface area contributed by atoms with E-state index in [1.165, 1.54) is 22.5 Å². The van der Waals surface area contributed by atoms with Crippen molar-refractivity contribution in [2.75, 3.05) is 25.0 Å². The minimum atomic E-state index is -3.51. The van der Waals surface area contributed by atoms with Gasteiger partial charge in [0.2, 0.25) is 10.0 Å². The Balaban J connectivity index is 1.89. The molecule has 2 amide bonds. The molecule has 0 atom stereocenters. The number of anilines is 1. The average Bonchev–Trinajstić information content (AvgIpc) is 2.68. The van der Waals surface area contributed by atoms with Crippen LogP contribution in [0.2, 0.25) is 10.0 Å². The van der Waals surface area contributed by atoms with Crippen molar-refractivity contribution >= 4 is 50.7 Å². The smallest absolute Gasteiger partial charge is 0.313 e. The van der Waals surface area contributed by atoms with Gasteiger partial charge in [-0.15, -0.1) is 0 Å². The van der Waals surface area contributed by atoms with Gasteiger partial charge >= 0.3 is 11.8 Å². The van der Waals surface area contributed by atoms with Gasteiger partial charge in [-0.1, -0.05) is 49.2 Å². The Morgan fingerprint density at radius 3 is 2.03 bits per heavy atom. The van der Waals surface area contributed by atoms with Gasteiger partial charge in [0.05, 0.1) is 4.90 Å². The number of benzene rings is 2. The molecule has 0 bridgehead atoms. The molecule has 0 spiro atoms. The number of hydrogen-bond acceptors (Lipinski definition) is 4. The second kappa shape index (κ2) is 10.8. The highest BCUT2D eigenvalue weighted by Crippen LogP contribution is 2.22. The number of carbonyl (C=O) groups is 2. The number of sulfonamides is 1. The summed E-state index contributed by atoms with van der Waals surface area (Å²) in [6.07, 6.45) is 0.438. The van der Waals surface area contributed by atoms with Crippen LogP contribution in [0.3, 0.4) is 0 Å². The Labute approximate surface area is 186 Å². The molecule has 0 aliphatic rings. The first-order valence-corrected chi connectivity index (χ1v) is 11.5. The molecule has 10 heteroatoms. The van der Waals surface area contributed by atoms with Gasteiger partial charge < -0.3 is 10.6 Å².